The lowest BCUT2D eigenvalue weighted by molar-refractivity contribution is -0.0585. The van der Waals surface area contributed by atoms with E-state index < -0.39 is 31.3 Å². The van der Waals surface area contributed by atoms with Gasteiger partial charge in [-0.15, -0.1) is 3.63 Å². The molecule has 0 unspecified atom stereocenters. The molecule has 1 rings (SSSR count). The van der Waals surface area contributed by atoms with Crippen LogP contribution in [-0.4, -0.2) is 32.8 Å². The van der Waals surface area contributed by atoms with Gasteiger partial charge >= 0.3 is 31.3 Å². The third-order valence-electron chi connectivity index (χ3n) is 1.77. The normalized spacial score (nSPS) is 13.2. The second-order valence-electron chi connectivity index (χ2n) is 3.79. The Morgan fingerprint density at radius 3 is 1.30 bits per heavy atom. The van der Waals surface area contributed by atoms with Crippen LogP contribution in [0.25, 0.3) is 0 Å². The van der Waals surface area contributed by atoms with Crippen LogP contribution in [0, 0.1) is 13.8 Å². The third-order valence-corrected chi connectivity index (χ3v) is 4.34. The minimum Gasteiger partial charge on any atom is -0.258 e. The van der Waals surface area contributed by atoms with Crippen molar-refractivity contribution in [1.82, 2.24) is 4.98 Å². The summed E-state index contributed by atoms with van der Waals surface area (Å²) in [6.07, 6.45) is 0. The molecular weight excluding hydrogens is 380 g/mol. The highest BCUT2D eigenvalue weighted by Crippen LogP contribution is 2.32. The second kappa shape index (κ2) is 7.00. The minimum absolute atomic E-state index is 1.09. The first-order chi connectivity index (χ1) is 9.99. The van der Waals surface area contributed by atoms with Gasteiger partial charge in [0.05, 0.1) is 0 Å². The number of nitrogens with zero attached hydrogens (tertiary/aromatic N) is 1. The van der Waals surface area contributed by atoms with Crippen LogP contribution in [0.15, 0.2) is 18.2 Å². The fourth-order valence-electron chi connectivity index (χ4n) is 0.874. The summed E-state index contributed by atoms with van der Waals surface area (Å²) in [5, 5.41) is 0. The van der Waals surface area contributed by atoms with Gasteiger partial charge < -0.3 is 0 Å². The van der Waals surface area contributed by atoms with E-state index in [4.69, 9.17) is 0 Å². The monoisotopic (exact) mass is 389 g/mol. The fourth-order valence-corrected chi connectivity index (χ4v) is 2.44. The molecule has 0 aliphatic rings. The Kier molecular flexibility index (Phi) is 6.57. The number of rotatable bonds is 2. The van der Waals surface area contributed by atoms with Gasteiger partial charge in [-0.25, -0.2) is 0 Å². The molecule has 0 fully saturated rings. The van der Waals surface area contributed by atoms with Crippen LogP contribution in [0.4, 0.5) is 26.3 Å². The average Bonchev–Trinajstić information content (AvgIpc) is 2.24. The Balaban J connectivity index is 0.000000502. The molecule has 0 bridgehead atoms. The highest BCUT2D eigenvalue weighted by molar-refractivity contribution is 8.00. The maximum absolute atomic E-state index is 11.4. The lowest BCUT2D eigenvalue weighted by Gasteiger charge is -2.09. The summed E-state index contributed by atoms with van der Waals surface area (Å²) in [6, 6.07) is 6.00. The van der Waals surface area contributed by atoms with E-state index in [0.29, 0.717) is 0 Å². The van der Waals surface area contributed by atoms with Crippen molar-refractivity contribution in [3.63, 3.8) is 0 Å². The van der Waals surface area contributed by atoms with Gasteiger partial charge in [0.25, 0.3) is 0 Å². The molecule has 0 atom stereocenters. The van der Waals surface area contributed by atoms with E-state index in [1.54, 1.807) is 0 Å². The first kappa shape index (κ1) is 21.6. The summed E-state index contributed by atoms with van der Waals surface area (Å²) in [7, 11) is -13.7. The second-order valence-corrected chi connectivity index (χ2v) is 7.07. The minimum atomic E-state index is -6.85. The van der Waals surface area contributed by atoms with E-state index >= 15 is 0 Å². The van der Waals surface area contributed by atoms with Gasteiger partial charge in [0, 0.05) is 11.4 Å². The van der Waals surface area contributed by atoms with Crippen molar-refractivity contribution < 1.29 is 46.8 Å². The molecular formula is C9H9F6NO5S2. The SMILES string of the molecule is Cc1cccc(C)n1.O=S(=O)(OS(=O)(=O)C(F)(F)F)C(F)(F)F. The van der Waals surface area contributed by atoms with Gasteiger partial charge in [-0.3, -0.25) is 4.98 Å². The Morgan fingerprint density at radius 2 is 1.13 bits per heavy atom. The first-order valence-electron chi connectivity index (χ1n) is 5.23. The van der Waals surface area contributed by atoms with Crippen molar-refractivity contribution in [2.75, 3.05) is 0 Å². The smallest absolute Gasteiger partial charge is 0.258 e. The molecule has 0 aliphatic carbocycles. The van der Waals surface area contributed by atoms with E-state index in [1.807, 2.05) is 35.7 Å². The van der Waals surface area contributed by atoms with Crippen LogP contribution >= 0.6 is 0 Å². The Morgan fingerprint density at radius 1 is 0.826 bits per heavy atom. The number of pyridine rings is 1. The highest BCUT2D eigenvalue weighted by atomic mass is 32.3. The zero-order chi connectivity index (χ0) is 18.7. The average molecular weight is 389 g/mol. The molecule has 0 saturated heterocycles. The Hall–Kier alpha value is -1.41. The van der Waals surface area contributed by atoms with Crippen LogP contribution in [0.3, 0.4) is 0 Å². The van der Waals surface area contributed by atoms with E-state index in [2.05, 4.69) is 4.98 Å². The van der Waals surface area contributed by atoms with Crippen LogP contribution in [0.1, 0.15) is 11.4 Å². The molecule has 0 saturated carbocycles. The Bertz CT molecular complexity index is 679. The van der Waals surface area contributed by atoms with Crippen molar-refractivity contribution in [2.45, 2.75) is 24.9 Å². The fraction of sp³-hybridized carbons (Fsp3) is 0.444. The zero-order valence-electron chi connectivity index (χ0n) is 11.3. The summed E-state index contributed by atoms with van der Waals surface area (Å²) in [5.41, 5.74) is -10.3. The summed E-state index contributed by atoms with van der Waals surface area (Å²) < 4.78 is 110. The molecule has 1 aromatic rings. The third kappa shape index (κ3) is 6.70. The maximum Gasteiger partial charge on any atom is 0.524 e. The molecule has 1 aromatic heterocycles. The maximum atomic E-state index is 11.4. The van der Waals surface area contributed by atoms with Gasteiger partial charge in [-0.05, 0) is 26.0 Å². The Labute approximate surface area is 127 Å². The summed E-state index contributed by atoms with van der Waals surface area (Å²) in [6.45, 7) is 3.99. The molecule has 0 amide bonds. The predicted octanol–water partition coefficient (Wildman–Crippen LogP) is 2.40. The van der Waals surface area contributed by atoms with Gasteiger partial charge in [0.15, 0.2) is 0 Å². The zero-order valence-corrected chi connectivity index (χ0v) is 12.9. The van der Waals surface area contributed by atoms with Crippen molar-refractivity contribution in [1.29, 1.82) is 0 Å². The number of hydrogen-bond donors (Lipinski definition) is 0. The lowest BCUT2D eigenvalue weighted by Crippen LogP contribution is -2.34. The van der Waals surface area contributed by atoms with Gasteiger partial charge in [-0.1, -0.05) is 6.07 Å². The van der Waals surface area contributed by atoms with Crippen molar-refractivity contribution >= 4 is 20.2 Å². The summed E-state index contributed by atoms with van der Waals surface area (Å²) >= 11 is 0. The highest BCUT2D eigenvalue weighted by Gasteiger charge is 2.57. The molecule has 1 heterocycles. The molecule has 23 heavy (non-hydrogen) atoms. The largest absolute Gasteiger partial charge is 0.524 e. The first-order valence-corrected chi connectivity index (χ1v) is 8.05. The molecule has 0 radical (unpaired) electrons. The molecule has 6 nitrogen and oxygen atoms in total. The quantitative estimate of drug-likeness (QED) is 0.570. The van der Waals surface area contributed by atoms with E-state index in [-0.39, 0.29) is 0 Å². The number of aryl methyl sites for hydroxylation is 2. The van der Waals surface area contributed by atoms with E-state index in [9.17, 15) is 43.2 Å². The van der Waals surface area contributed by atoms with Gasteiger partial charge in [0.2, 0.25) is 0 Å². The summed E-state index contributed by atoms with van der Waals surface area (Å²) in [4.78, 5) is 4.17. The molecule has 14 heteroatoms. The number of halogens is 6. The van der Waals surface area contributed by atoms with Gasteiger partial charge in [0.1, 0.15) is 0 Å². The van der Waals surface area contributed by atoms with Crippen LogP contribution in [0.5, 0.6) is 0 Å². The number of alkyl halides is 6. The number of hydrogen-bond acceptors (Lipinski definition) is 6. The molecule has 0 N–H and O–H groups in total. The predicted molar refractivity (Wildman–Crippen MR) is 64.7 cm³/mol. The van der Waals surface area contributed by atoms with Crippen molar-refractivity contribution in [3.05, 3.63) is 29.6 Å². The standard InChI is InChI=1S/C7H9N.C2F6O5S2/c1-6-4-3-5-7(2)8-6;3-1(4,5)14(9,10)13-15(11,12)2(6,7)8/h3-5H,1-2H3;. The van der Waals surface area contributed by atoms with Gasteiger partial charge in [-0.2, -0.15) is 43.2 Å². The van der Waals surface area contributed by atoms with Crippen molar-refractivity contribution in [3.8, 4) is 0 Å². The molecule has 134 valence electrons. The van der Waals surface area contributed by atoms with Crippen LogP contribution in [-0.2, 0) is 23.9 Å². The molecule has 0 aromatic carbocycles. The molecule has 0 aliphatic heterocycles. The van der Waals surface area contributed by atoms with Crippen LogP contribution < -0.4 is 0 Å². The lowest BCUT2D eigenvalue weighted by atomic mass is 10.3. The summed E-state index contributed by atoms with van der Waals surface area (Å²) in [5.74, 6) is 0. The van der Waals surface area contributed by atoms with Crippen molar-refractivity contribution in [2.24, 2.45) is 0 Å². The number of aromatic nitrogens is 1. The molecule has 0 spiro atoms. The van der Waals surface area contributed by atoms with Crippen LogP contribution in [0.2, 0.25) is 0 Å². The topological polar surface area (TPSA) is 90.4 Å². The van der Waals surface area contributed by atoms with E-state index in [0.717, 1.165) is 11.4 Å². The van der Waals surface area contributed by atoms with E-state index in [1.165, 1.54) is 0 Å².